The average Bonchev–Trinajstić information content (AvgIpc) is 2.88. The highest BCUT2D eigenvalue weighted by atomic mass is 16.3. The van der Waals surface area contributed by atoms with Crippen molar-refractivity contribution in [1.82, 2.24) is 0 Å². The summed E-state index contributed by atoms with van der Waals surface area (Å²) < 4.78 is 0. The Labute approximate surface area is 108 Å². The molecule has 0 aromatic heterocycles. The fourth-order valence-electron chi connectivity index (χ4n) is 2.85. The van der Waals surface area contributed by atoms with Crippen LogP contribution in [0.25, 0.3) is 11.1 Å². The van der Waals surface area contributed by atoms with Gasteiger partial charge in [0.2, 0.25) is 0 Å². The summed E-state index contributed by atoms with van der Waals surface area (Å²) in [5.74, 6) is 0. The van der Waals surface area contributed by atoms with Crippen molar-refractivity contribution >= 4 is 0 Å². The van der Waals surface area contributed by atoms with E-state index in [1.54, 1.807) is 0 Å². The van der Waals surface area contributed by atoms with Crippen molar-refractivity contribution in [3.63, 3.8) is 0 Å². The van der Waals surface area contributed by atoms with Gasteiger partial charge in [-0.1, -0.05) is 67.4 Å². The van der Waals surface area contributed by atoms with Crippen molar-refractivity contribution in [3.05, 3.63) is 60.2 Å². The number of benzene rings is 2. The van der Waals surface area contributed by atoms with Crippen LogP contribution in [0.5, 0.6) is 0 Å². The molecule has 0 bridgehead atoms. The van der Waals surface area contributed by atoms with E-state index in [0.29, 0.717) is 0 Å². The molecular weight excluding hydrogens is 220 g/mol. The maximum Gasteiger partial charge on any atom is 0.0896 e. The van der Waals surface area contributed by atoms with Gasteiger partial charge in [0.05, 0.1) is 5.60 Å². The summed E-state index contributed by atoms with van der Waals surface area (Å²) in [6.45, 7) is 0. The van der Waals surface area contributed by atoms with Crippen molar-refractivity contribution in [2.75, 3.05) is 0 Å². The molecule has 1 N–H and O–H groups in total. The highest BCUT2D eigenvalue weighted by Crippen LogP contribution is 2.38. The molecule has 2 aromatic carbocycles. The number of hydrogen-bond donors (Lipinski definition) is 1. The van der Waals surface area contributed by atoms with E-state index in [1.165, 1.54) is 11.1 Å². The van der Waals surface area contributed by atoms with Crippen LogP contribution in [0.3, 0.4) is 0 Å². The predicted molar refractivity (Wildman–Crippen MR) is 74.2 cm³/mol. The van der Waals surface area contributed by atoms with E-state index in [4.69, 9.17) is 0 Å². The lowest BCUT2D eigenvalue weighted by Crippen LogP contribution is -2.20. The molecule has 0 atom stereocenters. The fourth-order valence-corrected chi connectivity index (χ4v) is 2.85. The quantitative estimate of drug-likeness (QED) is 0.834. The summed E-state index contributed by atoms with van der Waals surface area (Å²) in [5.41, 5.74) is 2.93. The molecule has 0 aliphatic heterocycles. The zero-order valence-electron chi connectivity index (χ0n) is 10.5. The smallest absolute Gasteiger partial charge is 0.0896 e. The zero-order chi connectivity index (χ0) is 12.4. The topological polar surface area (TPSA) is 20.2 Å². The van der Waals surface area contributed by atoms with E-state index >= 15 is 0 Å². The van der Waals surface area contributed by atoms with E-state index in [-0.39, 0.29) is 0 Å². The van der Waals surface area contributed by atoms with E-state index in [1.807, 2.05) is 18.2 Å². The van der Waals surface area contributed by atoms with Gasteiger partial charge in [-0.2, -0.15) is 0 Å². The third kappa shape index (κ3) is 2.06. The molecule has 1 fully saturated rings. The molecule has 0 heterocycles. The standard InChI is InChI=1S/C17H18O/c18-17(12-4-5-13-17)16-10-8-15(9-11-16)14-6-2-1-3-7-14/h1-3,6-11,18H,4-5,12-13H2. The lowest BCUT2D eigenvalue weighted by Gasteiger charge is -2.22. The fraction of sp³-hybridized carbons (Fsp3) is 0.294. The summed E-state index contributed by atoms with van der Waals surface area (Å²) in [4.78, 5) is 0. The average molecular weight is 238 g/mol. The lowest BCUT2D eigenvalue weighted by atomic mass is 9.91. The SMILES string of the molecule is OC1(c2ccc(-c3ccccc3)cc2)CCCC1. The van der Waals surface area contributed by atoms with E-state index in [0.717, 1.165) is 31.2 Å². The molecule has 0 amide bonds. The number of rotatable bonds is 2. The van der Waals surface area contributed by atoms with Gasteiger partial charge < -0.3 is 5.11 Å². The summed E-state index contributed by atoms with van der Waals surface area (Å²) >= 11 is 0. The van der Waals surface area contributed by atoms with Crippen molar-refractivity contribution < 1.29 is 5.11 Å². The van der Waals surface area contributed by atoms with Crippen LogP contribution in [0.1, 0.15) is 31.2 Å². The first-order valence-corrected chi connectivity index (χ1v) is 6.66. The summed E-state index contributed by atoms with van der Waals surface area (Å²) in [6.07, 6.45) is 4.07. The summed E-state index contributed by atoms with van der Waals surface area (Å²) in [5, 5.41) is 10.5. The molecular formula is C17H18O. The molecule has 1 aliphatic carbocycles. The van der Waals surface area contributed by atoms with Crippen LogP contribution in [0.4, 0.5) is 0 Å². The Morgan fingerprint density at radius 3 is 1.89 bits per heavy atom. The minimum Gasteiger partial charge on any atom is -0.385 e. The number of aliphatic hydroxyl groups is 1. The van der Waals surface area contributed by atoms with E-state index < -0.39 is 5.60 Å². The van der Waals surface area contributed by atoms with Gasteiger partial charge >= 0.3 is 0 Å². The summed E-state index contributed by atoms with van der Waals surface area (Å²) in [7, 11) is 0. The van der Waals surface area contributed by atoms with Crippen LogP contribution >= 0.6 is 0 Å². The maximum atomic E-state index is 10.5. The minimum atomic E-state index is -0.574. The molecule has 92 valence electrons. The van der Waals surface area contributed by atoms with Gasteiger partial charge in [0.1, 0.15) is 0 Å². The second-order valence-corrected chi connectivity index (χ2v) is 5.18. The molecule has 1 saturated carbocycles. The largest absolute Gasteiger partial charge is 0.385 e. The third-order valence-corrected chi connectivity index (χ3v) is 3.96. The van der Waals surface area contributed by atoms with Gasteiger partial charge in [-0.3, -0.25) is 0 Å². The summed E-state index contributed by atoms with van der Waals surface area (Å²) in [6, 6.07) is 18.7. The van der Waals surface area contributed by atoms with Gasteiger partial charge in [0.25, 0.3) is 0 Å². The molecule has 0 spiro atoms. The minimum absolute atomic E-state index is 0.574. The van der Waals surface area contributed by atoms with Gasteiger partial charge in [-0.05, 0) is 29.5 Å². The zero-order valence-corrected chi connectivity index (χ0v) is 10.5. The van der Waals surface area contributed by atoms with Gasteiger partial charge in [-0.15, -0.1) is 0 Å². The third-order valence-electron chi connectivity index (χ3n) is 3.96. The Morgan fingerprint density at radius 1 is 0.722 bits per heavy atom. The van der Waals surface area contributed by atoms with Gasteiger partial charge in [0, 0.05) is 0 Å². The Kier molecular flexibility index (Phi) is 2.92. The predicted octanol–water partition coefficient (Wildman–Crippen LogP) is 4.12. The molecule has 2 aromatic rings. The highest BCUT2D eigenvalue weighted by Gasteiger charge is 2.32. The van der Waals surface area contributed by atoms with Crippen molar-refractivity contribution in [2.24, 2.45) is 0 Å². The molecule has 18 heavy (non-hydrogen) atoms. The Hall–Kier alpha value is -1.60. The van der Waals surface area contributed by atoms with Gasteiger partial charge in [-0.25, -0.2) is 0 Å². The lowest BCUT2D eigenvalue weighted by molar-refractivity contribution is 0.0445. The Bertz CT molecular complexity index is 507. The first kappa shape index (κ1) is 11.5. The Balaban J connectivity index is 1.90. The monoisotopic (exact) mass is 238 g/mol. The van der Waals surface area contributed by atoms with Crippen LogP contribution in [0.15, 0.2) is 54.6 Å². The first-order chi connectivity index (χ1) is 8.78. The van der Waals surface area contributed by atoms with E-state index in [2.05, 4.69) is 36.4 Å². The van der Waals surface area contributed by atoms with Gasteiger partial charge in [0.15, 0.2) is 0 Å². The second-order valence-electron chi connectivity index (χ2n) is 5.18. The van der Waals surface area contributed by atoms with Crippen LogP contribution in [-0.4, -0.2) is 5.11 Å². The van der Waals surface area contributed by atoms with Crippen molar-refractivity contribution in [3.8, 4) is 11.1 Å². The molecule has 1 nitrogen and oxygen atoms in total. The van der Waals surface area contributed by atoms with Crippen LogP contribution in [0, 0.1) is 0 Å². The van der Waals surface area contributed by atoms with Crippen LogP contribution in [-0.2, 0) is 5.60 Å². The maximum absolute atomic E-state index is 10.5. The second kappa shape index (κ2) is 4.58. The van der Waals surface area contributed by atoms with E-state index in [9.17, 15) is 5.11 Å². The van der Waals surface area contributed by atoms with Crippen LogP contribution < -0.4 is 0 Å². The molecule has 0 radical (unpaired) electrons. The Morgan fingerprint density at radius 2 is 1.28 bits per heavy atom. The highest BCUT2D eigenvalue weighted by molar-refractivity contribution is 5.63. The number of hydrogen-bond acceptors (Lipinski definition) is 1. The van der Waals surface area contributed by atoms with Crippen molar-refractivity contribution in [1.29, 1.82) is 0 Å². The molecule has 0 unspecified atom stereocenters. The molecule has 0 saturated heterocycles. The molecule has 1 heteroatoms. The van der Waals surface area contributed by atoms with Crippen LogP contribution in [0.2, 0.25) is 0 Å². The van der Waals surface area contributed by atoms with Crippen molar-refractivity contribution in [2.45, 2.75) is 31.3 Å². The molecule has 1 aliphatic rings. The normalized spacial score (nSPS) is 17.8. The first-order valence-electron chi connectivity index (χ1n) is 6.66. The molecule has 3 rings (SSSR count).